The van der Waals surface area contributed by atoms with E-state index >= 15 is 0 Å². The van der Waals surface area contributed by atoms with Gasteiger partial charge in [0.05, 0.1) is 17.9 Å². The maximum Gasteiger partial charge on any atom is 0.338 e. The van der Waals surface area contributed by atoms with Gasteiger partial charge in [-0.05, 0) is 13.0 Å². The molecule has 3 rings (SSSR count). The Morgan fingerprint density at radius 2 is 2.15 bits per heavy atom. The van der Waals surface area contributed by atoms with E-state index in [0.717, 1.165) is 0 Å². The largest absolute Gasteiger partial charge is 0.460 e. The number of halogens is 1. The standard InChI is InChI=1S/C18H19FN2O4S/c1-11-15(17(23)25-9-8-24-2)16(12-5-3-4-6-13(12)19)21-14(22)7-10-26-18(21)20-11/h3-6,16H,7-10H2,1-2H3/t16-/m0/s1. The zero-order chi connectivity index (χ0) is 18.7. The van der Waals surface area contributed by atoms with Crippen LogP contribution < -0.4 is 0 Å². The van der Waals surface area contributed by atoms with Crippen LogP contribution in [0.3, 0.4) is 0 Å². The summed E-state index contributed by atoms with van der Waals surface area (Å²) in [7, 11) is 1.50. The Bertz CT molecular complexity index is 793. The van der Waals surface area contributed by atoms with Crippen molar-refractivity contribution in [3.63, 3.8) is 0 Å². The van der Waals surface area contributed by atoms with Crippen molar-refractivity contribution in [2.75, 3.05) is 26.1 Å². The second-order valence-corrected chi connectivity index (χ2v) is 6.87. The van der Waals surface area contributed by atoms with Gasteiger partial charge in [0.1, 0.15) is 18.5 Å². The number of ether oxygens (including phenoxy) is 2. The molecule has 1 amide bonds. The first kappa shape index (κ1) is 18.6. The predicted molar refractivity (Wildman–Crippen MR) is 96.0 cm³/mol. The highest BCUT2D eigenvalue weighted by Crippen LogP contribution is 2.41. The van der Waals surface area contributed by atoms with Crippen molar-refractivity contribution < 1.29 is 23.5 Å². The number of aliphatic imine (C=N–C) groups is 1. The third kappa shape index (κ3) is 3.52. The van der Waals surface area contributed by atoms with Crippen LogP contribution in [0.1, 0.15) is 24.9 Å². The zero-order valence-corrected chi connectivity index (χ0v) is 15.3. The predicted octanol–water partition coefficient (Wildman–Crippen LogP) is 2.67. The minimum absolute atomic E-state index is 0.0649. The molecule has 138 valence electrons. The van der Waals surface area contributed by atoms with Gasteiger partial charge < -0.3 is 9.47 Å². The van der Waals surface area contributed by atoms with Crippen molar-refractivity contribution >= 4 is 28.8 Å². The molecular formula is C18H19FN2O4S. The second-order valence-electron chi connectivity index (χ2n) is 5.81. The summed E-state index contributed by atoms with van der Waals surface area (Å²) in [5.41, 5.74) is 0.841. The Morgan fingerprint density at radius 1 is 1.38 bits per heavy atom. The number of esters is 1. The number of benzene rings is 1. The number of hydrogen-bond acceptors (Lipinski definition) is 6. The van der Waals surface area contributed by atoms with Crippen LogP contribution in [0.2, 0.25) is 0 Å². The molecule has 2 heterocycles. The number of thioether (sulfide) groups is 1. The SMILES string of the molecule is COCCOC(=O)C1=C(C)N=C2SCCC(=O)N2[C@H]1c1ccccc1F. The zero-order valence-electron chi connectivity index (χ0n) is 14.5. The van der Waals surface area contributed by atoms with Crippen molar-refractivity contribution in [2.24, 2.45) is 4.99 Å². The summed E-state index contributed by atoms with van der Waals surface area (Å²) in [4.78, 5) is 31.1. The molecule has 0 spiro atoms. The van der Waals surface area contributed by atoms with Crippen LogP contribution in [0.25, 0.3) is 0 Å². The molecule has 6 nitrogen and oxygen atoms in total. The van der Waals surface area contributed by atoms with Crippen LogP contribution >= 0.6 is 11.8 Å². The molecule has 1 aromatic rings. The van der Waals surface area contributed by atoms with E-state index in [0.29, 0.717) is 23.0 Å². The number of allylic oxidation sites excluding steroid dienone is 1. The molecule has 0 unspecified atom stereocenters. The van der Waals surface area contributed by atoms with Gasteiger partial charge in [-0.2, -0.15) is 0 Å². The quantitative estimate of drug-likeness (QED) is 0.582. The van der Waals surface area contributed by atoms with Gasteiger partial charge in [0, 0.05) is 24.8 Å². The van der Waals surface area contributed by atoms with Gasteiger partial charge in [-0.25, -0.2) is 14.2 Å². The number of amides is 1. The number of carbonyl (C=O) groups excluding carboxylic acids is 2. The molecule has 0 aliphatic carbocycles. The highest BCUT2D eigenvalue weighted by atomic mass is 32.2. The molecule has 2 aliphatic heterocycles. The van der Waals surface area contributed by atoms with E-state index in [4.69, 9.17) is 9.47 Å². The lowest BCUT2D eigenvalue weighted by Gasteiger charge is -2.38. The molecule has 1 aromatic carbocycles. The van der Waals surface area contributed by atoms with Crippen LogP contribution in [0.15, 0.2) is 40.5 Å². The molecule has 0 bridgehead atoms. The third-order valence-electron chi connectivity index (χ3n) is 4.15. The van der Waals surface area contributed by atoms with Gasteiger partial charge >= 0.3 is 5.97 Å². The lowest BCUT2D eigenvalue weighted by Crippen LogP contribution is -2.46. The molecule has 1 saturated heterocycles. The van der Waals surface area contributed by atoms with Gasteiger partial charge in [-0.1, -0.05) is 30.0 Å². The highest BCUT2D eigenvalue weighted by Gasteiger charge is 2.42. The Labute approximate surface area is 155 Å². The average molecular weight is 378 g/mol. The third-order valence-corrected chi connectivity index (χ3v) is 5.10. The molecule has 0 N–H and O–H groups in total. The minimum atomic E-state index is -0.890. The fourth-order valence-corrected chi connectivity index (χ4v) is 3.95. The number of carbonyl (C=O) groups is 2. The molecule has 0 radical (unpaired) electrons. The lowest BCUT2D eigenvalue weighted by atomic mass is 9.94. The second kappa shape index (κ2) is 8.01. The Hall–Kier alpha value is -2.19. The highest BCUT2D eigenvalue weighted by molar-refractivity contribution is 8.14. The molecule has 0 aromatic heterocycles. The Kier molecular flexibility index (Phi) is 5.73. The van der Waals surface area contributed by atoms with Gasteiger partial charge in [-0.15, -0.1) is 0 Å². The number of rotatable bonds is 5. The first-order valence-electron chi connectivity index (χ1n) is 8.19. The van der Waals surface area contributed by atoms with E-state index in [1.54, 1.807) is 25.1 Å². The summed E-state index contributed by atoms with van der Waals surface area (Å²) >= 11 is 1.42. The van der Waals surface area contributed by atoms with Crippen LogP contribution in [-0.2, 0) is 19.1 Å². The lowest BCUT2D eigenvalue weighted by molar-refractivity contribution is -0.141. The van der Waals surface area contributed by atoms with E-state index in [9.17, 15) is 14.0 Å². The molecule has 0 saturated carbocycles. The first-order valence-corrected chi connectivity index (χ1v) is 9.18. The van der Waals surface area contributed by atoms with Crippen molar-refractivity contribution in [2.45, 2.75) is 19.4 Å². The van der Waals surface area contributed by atoms with E-state index < -0.39 is 17.8 Å². The van der Waals surface area contributed by atoms with E-state index in [1.165, 1.54) is 29.8 Å². The Balaban J connectivity index is 2.07. The number of hydrogen-bond donors (Lipinski definition) is 0. The van der Waals surface area contributed by atoms with Crippen molar-refractivity contribution in [1.29, 1.82) is 0 Å². The van der Waals surface area contributed by atoms with Crippen LogP contribution in [0.4, 0.5) is 4.39 Å². The monoisotopic (exact) mass is 378 g/mol. The van der Waals surface area contributed by atoms with Crippen molar-refractivity contribution in [3.8, 4) is 0 Å². The van der Waals surface area contributed by atoms with Gasteiger partial charge in [-0.3, -0.25) is 9.69 Å². The topological polar surface area (TPSA) is 68.2 Å². The van der Waals surface area contributed by atoms with Crippen molar-refractivity contribution in [1.82, 2.24) is 4.90 Å². The molecule has 8 heteroatoms. The molecule has 1 atom stereocenters. The fraction of sp³-hybridized carbons (Fsp3) is 0.389. The fourth-order valence-electron chi connectivity index (χ4n) is 2.94. The van der Waals surface area contributed by atoms with Crippen molar-refractivity contribution in [3.05, 3.63) is 46.9 Å². The van der Waals surface area contributed by atoms with Crippen LogP contribution in [0.5, 0.6) is 0 Å². The van der Waals surface area contributed by atoms with Crippen LogP contribution in [0, 0.1) is 5.82 Å². The molecular weight excluding hydrogens is 359 g/mol. The smallest absolute Gasteiger partial charge is 0.338 e. The maximum atomic E-state index is 14.6. The number of methoxy groups -OCH3 is 1. The minimum Gasteiger partial charge on any atom is -0.460 e. The number of fused-ring (bicyclic) bond motifs is 1. The number of amidine groups is 1. The maximum absolute atomic E-state index is 14.6. The summed E-state index contributed by atoms with van der Waals surface area (Å²) in [5, 5.41) is 0.487. The summed E-state index contributed by atoms with van der Waals surface area (Å²) in [5.74, 6) is -0.694. The summed E-state index contributed by atoms with van der Waals surface area (Å²) in [6, 6.07) is 5.24. The van der Waals surface area contributed by atoms with Gasteiger partial charge in [0.2, 0.25) is 5.91 Å². The Morgan fingerprint density at radius 3 is 2.88 bits per heavy atom. The van der Waals surface area contributed by atoms with E-state index in [-0.39, 0.29) is 30.3 Å². The van der Waals surface area contributed by atoms with Gasteiger partial charge in [0.25, 0.3) is 0 Å². The molecule has 2 aliphatic rings. The summed E-state index contributed by atoms with van der Waals surface area (Å²) in [6.07, 6.45) is 0.305. The van der Waals surface area contributed by atoms with Crippen LogP contribution in [-0.4, -0.2) is 48.0 Å². The summed E-state index contributed by atoms with van der Waals surface area (Å²) < 4.78 is 24.7. The first-order chi connectivity index (χ1) is 12.5. The number of nitrogens with zero attached hydrogens (tertiary/aromatic N) is 2. The van der Waals surface area contributed by atoms with E-state index in [2.05, 4.69) is 4.99 Å². The normalized spacial score (nSPS) is 20.0. The molecule has 1 fully saturated rings. The molecule has 26 heavy (non-hydrogen) atoms. The summed E-state index contributed by atoms with van der Waals surface area (Å²) in [6.45, 7) is 1.98. The van der Waals surface area contributed by atoms with Gasteiger partial charge in [0.15, 0.2) is 5.17 Å². The average Bonchev–Trinajstić information content (AvgIpc) is 2.61. The van der Waals surface area contributed by atoms with E-state index in [1.807, 2.05) is 0 Å².